The fraction of sp³-hybridized carbons (Fsp3) is 0.500. The number of carbonyl (C=O) groups excluding carboxylic acids is 1. The molecule has 0 aliphatic rings. The van der Waals surface area contributed by atoms with Crippen LogP contribution in [0.5, 0.6) is 17.2 Å². The van der Waals surface area contributed by atoms with Crippen molar-refractivity contribution in [2.75, 3.05) is 72.3 Å². The van der Waals surface area contributed by atoms with E-state index in [1.54, 1.807) is 50.1 Å². The average molecular weight is 586 g/mol. The maximum Gasteiger partial charge on any atom is 0.278 e. The SMILES string of the molecule is COc1ccc(OC)c(-n2nnc(C(=O)Nc3cc(OCCOCCOCCOCCN)cc(C(C)(C)C)c3)c2C)c1. The number of rotatable bonds is 17. The molecule has 1 aromatic heterocycles. The largest absolute Gasteiger partial charge is 0.497 e. The van der Waals surface area contributed by atoms with Gasteiger partial charge in [-0.15, -0.1) is 5.10 Å². The Morgan fingerprint density at radius 2 is 1.55 bits per heavy atom. The summed E-state index contributed by atoms with van der Waals surface area (Å²) in [7, 11) is 3.14. The van der Waals surface area contributed by atoms with Crippen molar-refractivity contribution in [2.24, 2.45) is 5.73 Å². The molecular formula is C30H43N5O7. The predicted molar refractivity (Wildman–Crippen MR) is 159 cm³/mol. The van der Waals surface area contributed by atoms with Gasteiger partial charge in [0.15, 0.2) is 5.69 Å². The van der Waals surface area contributed by atoms with Crippen LogP contribution in [0.25, 0.3) is 5.69 Å². The molecule has 3 N–H and O–H groups in total. The number of nitrogens with zero attached hydrogens (tertiary/aromatic N) is 3. The average Bonchev–Trinajstić information content (AvgIpc) is 3.36. The van der Waals surface area contributed by atoms with Crippen molar-refractivity contribution in [3.63, 3.8) is 0 Å². The second-order valence-corrected chi connectivity index (χ2v) is 10.4. The van der Waals surface area contributed by atoms with Crippen LogP contribution in [0.1, 0.15) is 42.5 Å². The van der Waals surface area contributed by atoms with Gasteiger partial charge in [-0.1, -0.05) is 26.0 Å². The molecule has 3 aromatic rings. The molecule has 230 valence electrons. The topological polar surface area (TPSA) is 141 Å². The predicted octanol–water partition coefficient (Wildman–Crippen LogP) is 3.53. The Labute approximate surface area is 247 Å². The summed E-state index contributed by atoms with van der Waals surface area (Å²) in [6.45, 7) is 11.8. The highest BCUT2D eigenvalue weighted by Crippen LogP contribution is 2.31. The number of hydrogen-bond donors (Lipinski definition) is 2. The van der Waals surface area contributed by atoms with Gasteiger partial charge in [0, 0.05) is 24.4 Å². The van der Waals surface area contributed by atoms with Crippen LogP contribution in [0.15, 0.2) is 36.4 Å². The first kappa shape index (κ1) is 32.8. The first-order valence-electron chi connectivity index (χ1n) is 13.9. The van der Waals surface area contributed by atoms with E-state index in [-0.39, 0.29) is 11.1 Å². The van der Waals surface area contributed by atoms with Gasteiger partial charge in [0.25, 0.3) is 5.91 Å². The first-order valence-corrected chi connectivity index (χ1v) is 13.9. The Morgan fingerprint density at radius 3 is 2.17 bits per heavy atom. The maximum atomic E-state index is 13.3. The number of amides is 1. The molecule has 0 aliphatic carbocycles. The summed E-state index contributed by atoms with van der Waals surface area (Å²) in [5, 5.41) is 11.3. The van der Waals surface area contributed by atoms with Gasteiger partial charge in [-0.05, 0) is 42.2 Å². The quantitative estimate of drug-likeness (QED) is 0.226. The first-order chi connectivity index (χ1) is 20.2. The summed E-state index contributed by atoms with van der Waals surface area (Å²) in [6, 6.07) is 11.0. The van der Waals surface area contributed by atoms with Crippen LogP contribution >= 0.6 is 0 Å². The van der Waals surface area contributed by atoms with Crippen molar-refractivity contribution < 1.29 is 33.2 Å². The van der Waals surface area contributed by atoms with E-state index in [1.165, 1.54) is 0 Å². The van der Waals surface area contributed by atoms with Crippen LogP contribution in [0, 0.1) is 6.92 Å². The number of nitrogens with one attached hydrogen (secondary N) is 1. The van der Waals surface area contributed by atoms with Crippen molar-refractivity contribution in [3.05, 3.63) is 53.3 Å². The van der Waals surface area contributed by atoms with E-state index in [4.69, 9.17) is 34.2 Å². The van der Waals surface area contributed by atoms with Crippen molar-refractivity contribution in [2.45, 2.75) is 33.1 Å². The molecule has 3 rings (SSSR count). The number of hydrogen-bond acceptors (Lipinski definition) is 10. The van der Waals surface area contributed by atoms with Gasteiger partial charge in [0.05, 0.1) is 59.6 Å². The zero-order valence-electron chi connectivity index (χ0n) is 25.4. The normalized spacial score (nSPS) is 11.4. The van der Waals surface area contributed by atoms with Crippen molar-refractivity contribution in [3.8, 4) is 22.9 Å². The maximum absolute atomic E-state index is 13.3. The summed E-state index contributed by atoms with van der Waals surface area (Å²) in [5.41, 5.74) is 8.12. The lowest BCUT2D eigenvalue weighted by atomic mass is 9.86. The van der Waals surface area contributed by atoms with Gasteiger partial charge in [0.1, 0.15) is 29.5 Å². The number of anilines is 1. The van der Waals surface area contributed by atoms with Gasteiger partial charge < -0.3 is 39.5 Å². The summed E-state index contributed by atoms with van der Waals surface area (Å²) in [6.07, 6.45) is 0. The third-order valence-electron chi connectivity index (χ3n) is 6.26. The van der Waals surface area contributed by atoms with Crippen LogP contribution in [0.4, 0.5) is 5.69 Å². The molecule has 0 unspecified atom stereocenters. The third-order valence-corrected chi connectivity index (χ3v) is 6.26. The third kappa shape index (κ3) is 9.41. The number of nitrogens with two attached hydrogens (primary N) is 1. The van der Waals surface area contributed by atoms with Crippen molar-refractivity contribution >= 4 is 11.6 Å². The molecule has 1 heterocycles. The van der Waals surface area contributed by atoms with Crippen LogP contribution < -0.4 is 25.3 Å². The molecule has 2 aromatic carbocycles. The van der Waals surface area contributed by atoms with Crippen LogP contribution in [0.2, 0.25) is 0 Å². The van der Waals surface area contributed by atoms with E-state index < -0.39 is 5.91 Å². The molecule has 0 saturated carbocycles. The van der Waals surface area contributed by atoms with Gasteiger partial charge >= 0.3 is 0 Å². The number of benzene rings is 2. The molecule has 12 heteroatoms. The fourth-order valence-corrected chi connectivity index (χ4v) is 3.95. The van der Waals surface area contributed by atoms with E-state index >= 15 is 0 Å². The highest BCUT2D eigenvalue weighted by atomic mass is 16.6. The van der Waals surface area contributed by atoms with E-state index in [2.05, 4.69) is 36.4 Å². The molecule has 0 atom stereocenters. The Balaban J connectivity index is 1.64. The van der Waals surface area contributed by atoms with Crippen LogP contribution in [0.3, 0.4) is 0 Å². The molecule has 0 spiro atoms. The molecule has 12 nitrogen and oxygen atoms in total. The minimum Gasteiger partial charge on any atom is -0.497 e. The monoisotopic (exact) mass is 585 g/mol. The molecule has 0 radical (unpaired) electrons. The number of ether oxygens (including phenoxy) is 6. The van der Waals surface area contributed by atoms with Crippen molar-refractivity contribution in [1.29, 1.82) is 0 Å². The number of aromatic nitrogens is 3. The minimum atomic E-state index is -0.394. The van der Waals surface area contributed by atoms with Gasteiger partial charge in [-0.2, -0.15) is 0 Å². The summed E-state index contributed by atoms with van der Waals surface area (Å²) >= 11 is 0. The molecule has 0 fully saturated rings. The second kappa shape index (κ2) is 16.1. The fourth-order valence-electron chi connectivity index (χ4n) is 3.95. The van der Waals surface area contributed by atoms with Gasteiger partial charge in [-0.3, -0.25) is 4.79 Å². The minimum absolute atomic E-state index is 0.178. The summed E-state index contributed by atoms with van der Waals surface area (Å²) in [4.78, 5) is 13.3. The van der Waals surface area contributed by atoms with Gasteiger partial charge in [0.2, 0.25) is 0 Å². The lowest BCUT2D eigenvalue weighted by molar-refractivity contribution is 0.0106. The Hall–Kier alpha value is -3.71. The second-order valence-electron chi connectivity index (χ2n) is 10.4. The highest BCUT2D eigenvalue weighted by Gasteiger charge is 2.22. The Kier molecular flexibility index (Phi) is 12.5. The van der Waals surface area contributed by atoms with E-state index in [1.807, 2.05) is 12.1 Å². The van der Waals surface area contributed by atoms with Crippen LogP contribution in [-0.2, 0) is 19.6 Å². The lowest BCUT2D eigenvalue weighted by Crippen LogP contribution is -2.17. The van der Waals surface area contributed by atoms with E-state index in [0.29, 0.717) is 87.1 Å². The molecule has 0 aliphatic heterocycles. The Morgan fingerprint density at radius 1 is 0.881 bits per heavy atom. The zero-order chi connectivity index (χ0) is 30.5. The summed E-state index contributed by atoms with van der Waals surface area (Å²) in [5.74, 6) is 1.42. The van der Waals surface area contributed by atoms with E-state index in [0.717, 1.165) is 5.56 Å². The summed E-state index contributed by atoms with van der Waals surface area (Å²) < 4.78 is 34.6. The number of carbonyl (C=O) groups is 1. The Bertz CT molecular complexity index is 1290. The number of methoxy groups -OCH3 is 2. The molecule has 1 amide bonds. The molecular weight excluding hydrogens is 542 g/mol. The van der Waals surface area contributed by atoms with Gasteiger partial charge in [-0.25, -0.2) is 4.68 Å². The smallest absolute Gasteiger partial charge is 0.278 e. The molecule has 0 saturated heterocycles. The standard InChI is InChI=1S/C30H43N5O7/c1-21-28(33-34-35(21)26-20-24(37-5)7-8-27(26)38-6)29(36)32-23-17-22(30(2,3)4)18-25(19-23)42-16-15-41-14-13-40-12-11-39-10-9-31/h7-8,17-20H,9-16,31H2,1-6H3,(H,32,36). The highest BCUT2D eigenvalue weighted by molar-refractivity contribution is 6.03. The van der Waals surface area contributed by atoms with Crippen LogP contribution in [-0.4, -0.2) is 87.9 Å². The molecule has 42 heavy (non-hydrogen) atoms. The molecule has 0 bridgehead atoms. The lowest BCUT2D eigenvalue weighted by Gasteiger charge is -2.21. The zero-order valence-corrected chi connectivity index (χ0v) is 25.4. The van der Waals surface area contributed by atoms with E-state index in [9.17, 15) is 4.79 Å². The van der Waals surface area contributed by atoms with Crippen molar-refractivity contribution in [1.82, 2.24) is 15.0 Å².